The Kier molecular flexibility index (Phi) is 5.09. The summed E-state index contributed by atoms with van der Waals surface area (Å²) in [6.07, 6.45) is 6.90. The minimum atomic E-state index is -0.848. The predicted molar refractivity (Wildman–Crippen MR) is 87.0 cm³/mol. The molecule has 0 saturated heterocycles. The van der Waals surface area contributed by atoms with Gasteiger partial charge in [-0.05, 0) is 68.2 Å². The lowest BCUT2D eigenvalue weighted by Crippen LogP contribution is -2.18. The van der Waals surface area contributed by atoms with Crippen molar-refractivity contribution in [2.24, 2.45) is 0 Å². The highest BCUT2D eigenvalue weighted by Crippen LogP contribution is 2.40. The second kappa shape index (κ2) is 5.48. The van der Waals surface area contributed by atoms with E-state index in [0.717, 1.165) is 10.0 Å². The standard InChI is InChI=1S/C10H9I3O2/c1-6(9(14)15)3-10(13)4-7(11)2-8(12)5-10/h2-4H,5H2,1H3,(H,14,15). The molecule has 0 bridgehead atoms. The Morgan fingerprint density at radius 2 is 2.20 bits per heavy atom. The van der Waals surface area contributed by atoms with Crippen LogP contribution in [-0.2, 0) is 4.79 Å². The monoisotopic (exact) mass is 542 g/mol. The second-order valence-corrected chi connectivity index (χ2v) is 8.00. The Morgan fingerprint density at radius 3 is 2.67 bits per heavy atom. The van der Waals surface area contributed by atoms with Crippen LogP contribution in [0, 0.1) is 0 Å². The van der Waals surface area contributed by atoms with E-state index < -0.39 is 5.97 Å². The van der Waals surface area contributed by atoms with Crippen molar-refractivity contribution >= 4 is 73.7 Å². The van der Waals surface area contributed by atoms with Crippen molar-refractivity contribution in [1.82, 2.24) is 0 Å². The van der Waals surface area contributed by atoms with Crippen molar-refractivity contribution in [3.63, 3.8) is 0 Å². The summed E-state index contributed by atoms with van der Waals surface area (Å²) < 4.78 is 2.22. The number of carboxylic acid groups (broad SMARTS) is 1. The van der Waals surface area contributed by atoms with Gasteiger partial charge in [0.15, 0.2) is 0 Å². The van der Waals surface area contributed by atoms with Crippen molar-refractivity contribution in [1.29, 1.82) is 0 Å². The van der Waals surface area contributed by atoms with E-state index in [0.29, 0.717) is 5.57 Å². The Morgan fingerprint density at radius 1 is 1.60 bits per heavy atom. The van der Waals surface area contributed by atoms with Crippen LogP contribution in [0.3, 0.4) is 0 Å². The van der Waals surface area contributed by atoms with Gasteiger partial charge < -0.3 is 5.11 Å². The van der Waals surface area contributed by atoms with Crippen LogP contribution in [0.4, 0.5) is 0 Å². The van der Waals surface area contributed by atoms with Crippen LogP contribution in [0.15, 0.2) is 31.0 Å². The number of rotatable bonds is 2. The lowest BCUT2D eigenvalue weighted by Gasteiger charge is -2.24. The molecule has 1 rings (SSSR count). The highest BCUT2D eigenvalue weighted by molar-refractivity contribution is 14.1. The Hall–Kier alpha value is 0.880. The quantitative estimate of drug-likeness (QED) is 0.323. The van der Waals surface area contributed by atoms with Crippen LogP contribution in [0.2, 0.25) is 0 Å². The first-order valence-corrected chi connectivity index (χ1v) is 7.42. The van der Waals surface area contributed by atoms with E-state index >= 15 is 0 Å². The zero-order valence-electron chi connectivity index (χ0n) is 7.93. The van der Waals surface area contributed by atoms with Gasteiger partial charge in [-0.3, -0.25) is 0 Å². The third-order valence-electron chi connectivity index (χ3n) is 1.91. The zero-order valence-corrected chi connectivity index (χ0v) is 14.4. The first-order chi connectivity index (χ1) is 6.82. The minimum Gasteiger partial charge on any atom is -0.478 e. The number of hydrogen-bond donors (Lipinski definition) is 1. The maximum Gasteiger partial charge on any atom is 0.331 e. The van der Waals surface area contributed by atoms with Gasteiger partial charge in [0.1, 0.15) is 0 Å². The summed E-state index contributed by atoms with van der Waals surface area (Å²) in [5.41, 5.74) is 0.399. The molecule has 0 heterocycles. The molecule has 5 heteroatoms. The fourth-order valence-corrected chi connectivity index (χ4v) is 6.33. The highest BCUT2D eigenvalue weighted by atomic mass is 127. The maximum absolute atomic E-state index is 10.8. The molecule has 1 aliphatic rings. The van der Waals surface area contributed by atoms with Gasteiger partial charge in [-0.15, -0.1) is 0 Å². The summed E-state index contributed by atoms with van der Waals surface area (Å²) >= 11 is 6.86. The van der Waals surface area contributed by atoms with Gasteiger partial charge in [-0.2, -0.15) is 0 Å². The molecule has 0 fully saturated rings. The van der Waals surface area contributed by atoms with E-state index in [-0.39, 0.29) is 3.42 Å². The van der Waals surface area contributed by atoms with E-state index in [9.17, 15) is 4.79 Å². The average molecular weight is 542 g/mol. The second-order valence-electron chi connectivity index (χ2n) is 3.36. The molecule has 1 N–H and O–H groups in total. The number of halogens is 3. The number of carboxylic acids is 1. The molecule has 0 aromatic rings. The summed E-state index contributed by atoms with van der Waals surface area (Å²) in [5.74, 6) is -0.848. The van der Waals surface area contributed by atoms with Gasteiger partial charge in [0, 0.05) is 9.15 Å². The molecule has 0 saturated carbocycles. The Bertz CT molecular complexity index is 382. The number of carbonyl (C=O) groups is 1. The van der Waals surface area contributed by atoms with Crippen LogP contribution in [0.5, 0.6) is 0 Å². The molecular weight excluding hydrogens is 533 g/mol. The number of alkyl halides is 1. The molecule has 82 valence electrons. The van der Waals surface area contributed by atoms with E-state index in [1.165, 1.54) is 3.58 Å². The van der Waals surface area contributed by atoms with Crippen molar-refractivity contribution in [3.8, 4) is 0 Å². The van der Waals surface area contributed by atoms with Crippen LogP contribution in [-0.4, -0.2) is 14.5 Å². The summed E-state index contributed by atoms with van der Waals surface area (Å²) in [4.78, 5) is 10.8. The normalized spacial score (nSPS) is 27.1. The topological polar surface area (TPSA) is 37.3 Å². The molecular formula is C10H9I3O2. The van der Waals surface area contributed by atoms with E-state index in [1.54, 1.807) is 6.92 Å². The lowest BCUT2D eigenvalue weighted by atomic mass is 9.98. The average Bonchev–Trinajstić information content (AvgIpc) is 1.99. The van der Waals surface area contributed by atoms with Gasteiger partial charge in [-0.25, -0.2) is 4.79 Å². The van der Waals surface area contributed by atoms with E-state index in [4.69, 9.17) is 5.11 Å². The van der Waals surface area contributed by atoms with E-state index in [2.05, 4.69) is 79.9 Å². The molecule has 0 amide bonds. The zero-order chi connectivity index (χ0) is 11.6. The molecule has 0 aromatic heterocycles. The molecule has 1 atom stereocenters. The Labute approximate surface area is 130 Å². The summed E-state index contributed by atoms with van der Waals surface area (Å²) in [5, 5.41) is 8.85. The molecule has 0 aliphatic heterocycles. The SMILES string of the molecule is CC(=CC1(I)C=C(I)C=C(I)C1)C(=O)O. The molecule has 0 radical (unpaired) electrons. The summed E-state index contributed by atoms with van der Waals surface area (Å²) in [6.45, 7) is 1.63. The highest BCUT2D eigenvalue weighted by Gasteiger charge is 2.26. The molecule has 15 heavy (non-hydrogen) atoms. The predicted octanol–water partition coefficient (Wildman–Crippen LogP) is 4.23. The van der Waals surface area contributed by atoms with Gasteiger partial charge in [0.25, 0.3) is 0 Å². The largest absolute Gasteiger partial charge is 0.478 e. The number of hydrogen-bond acceptors (Lipinski definition) is 1. The summed E-state index contributed by atoms with van der Waals surface area (Å²) in [7, 11) is 0. The number of aliphatic carboxylic acids is 1. The third-order valence-corrected chi connectivity index (χ3v) is 4.23. The Balaban J connectivity index is 3.01. The van der Waals surface area contributed by atoms with Gasteiger partial charge in [0.2, 0.25) is 0 Å². The lowest BCUT2D eigenvalue weighted by molar-refractivity contribution is -0.132. The first kappa shape index (κ1) is 13.9. The van der Waals surface area contributed by atoms with Crippen molar-refractivity contribution in [3.05, 3.63) is 31.0 Å². The van der Waals surface area contributed by atoms with Crippen molar-refractivity contribution in [2.75, 3.05) is 0 Å². The smallest absolute Gasteiger partial charge is 0.331 e. The molecule has 0 spiro atoms. The van der Waals surface area contributed by atoms with Crippen molar-refractivity contribution < 1.29 is 9.90 Å². The third kappa shape index (κ3) is 4.33. The van der Waals surface area contributed by atoms with Crippen LogP contribution in [0.1, 0.15) is 13.3 Å². The van der Waals surface area contributed by atoms with Crippen LogP contribution >= 0.6 is 67.8 Å². The summed E-state index contributed by atoms with van der Waals surface area (Å²) in [6, 6.07) is 0. The van der Waals surface area contributed by atoms with Crippen LogP contribution in [0.25, 0.3) is 0 Å². The first-order valence-electron chi connectivity index (χ1n) is 4.18. The van der Waals surface area contributed by atoms with Crippen LogP contribution < -0.4 is 0 Å². The van der Waals surface area contributed by atoms with Gasteiger partial charge in [-0.1, -0.05) is 34.7 Å². The number of allylic oxidation sites excluding steroid dienone is 5. The van der Waals surface area contributed by atoms with E-state index in [1.807, 2.05) is 6.08 Å². The van der Waals surface area contributed by atoms with Crippen molar-refractivity contribution in [2.45, 2.75) is 16.8 Å². The minimum absolute atomic E-state index is 0.192. The van der Waals surface area contributed by atoms with Gasteiger partial charge >= 0.3 is 5.97 Å². The molecule has 2 nitrogen and oxygen atoms in total. The fourth-order valence-electron chi connectivity index (χ4n) is 1.30. The molecule has 0 aromatic carbocycles. The fraction of sp³-hybridized carbons (Fsp3) is 0.300. The molecule has 1 aliphatic carbocycles. The maximum atomic E-state index is 10.8. The van der Waals surface area contributed by atoms with Gasteiger partial charge in [0.05, 0.1) is 3.42 Å². The molecule has 1 unspecified atom stereocenters.